The summed E-state index contributed by atoms with van der Waals surface area (Å²) in [4.78, 5) is 26.6. The van der Waals surface area contributed by atoms with E-state index < -0.39 is 5.97 Å². The number of carboxylic acids is 1. The third-order valence-electron chi connectivity index (χ3n) is 2.94. The first-order valence-electron chi connectivity index (χ1n) is 6.31. The van der Waals surface area contributed by atoms with Crippen LogP contribution in [0.5, 0.6) is 0 Å². The maximum Gasteiger partial charge on any atom is 0.303 e. The van der Waals surface area contributed by atoms with Crippen molar-refractivity contribution < 1.29 is 14.7 Å². The quantitative estimate of drug-likeness (QED) is 0.792. The molecule has 2 aromatic heterocycles. The van der Waals surface area contributed by atoms with E-state index in [0.29, 0.717) is 29.9 Å². The minimum absolute atomic E-state index is 0.0366. The van der Waals surface area contributed by atoms with Crippen LogP contribution in [0.1, 0.15) is 34.6 Å². The van der Waals surface area contributed by atoms with Gasteiger partial charge in [0.1, 0.15) is 0 Å². The average molecular weight is 276 g/mol. The highest BCUT2D eigenvalue weighted by Gasteiger charge is 2.13. The van der Waals surface area contributed by atoms with E-state index in [-0.39, 0.29) is 12.3 Å². The summed E-state index contributed by atoms with van der Waals surface area (Å²) >= 11 is 0. The van der Waals surface area contributed by atoms with Crippen LogP contribution >= 0.6 is 0 Å². The van der Waals surface area contributed by atoms with Gasteiger partial charge in [-0.3, -0.25) is 9.59 Å². The Bertz CT molecular complexity index is 663. The molecule has 0 aliphatic heterocycles. The summed E-state index contributed by atoms with van der Waals surface area (Å²) in [5.74, 6) is -1.14. The topological polar surface area (TPSA) is 96.6 Å². The summed E-state index contributed by atoms with van der Waals surface area (Å²) in [6.07, 6.45) is 1.95. The molecule has 0 saturated heterocycles. The molecule has 0 aliphatic carbocycles. The van der Waals surface area contributed by atoms with Crippen molar-refractivity contribution >= 4 is 17.5 Å². The zero-order chi connectivity index (χ0) is 14.7. The number of aryl methyl sites for hydroxylation is 2. The summed E-state index contributed by atoms with van der Waals surface area (Å²) in [6, 6.07) is 1.83. The fourth-order valence-corrected chi connectivity index (χ4v) is 1.92. The average Bonchev–Trinajstić information content (AvgIpc) is 2.76. The van der Waals surface area contributed by atoms with Crippen molar-refractivity contribution in [2.45, 2.75) is 26.7 Å². The van der Waals surface area contributed by atoms with Gasteiger partial charge in [0.15, 0.2) is 5.65 Å². The maximum atomic E-state index is 12.0. The molecule has 0 bridgehead atoms. The normalized spacial score (nSPS) is 10.7. The molecule has 0 atom stereocenters. The fourth-order valence-electron chi connectivity index (χ4n) is 1.92. The molecule has 1 amide bonds. The lowest BCUT2D eigenvalue weighted by atomic mass is 10.2. The SMILES string of the molecule is Cc1cc2ncc(C(=O)NCCCC(=O)O)c(C)n2n1. The van der Waals surface area contributed by atoms with E-state index in [4.69, 9.17) is 5.11 Å². The zero-order valence-corrected chi connectivity index (χ0v) is 11.4. The maximum absolute atomic E-state index is 12.0. The van der Waals surface area contributed by atoms with Crippen molar-refractivity contribution in [2.75, 3.05) is 6.54 Å². The van der Waals surface area contributed by atoms with Gasteiger partial charge in [0, 0.05) is 25.2 Å². The molecular weight excluding hydrogens is 260 g/mol. The van der Waals surface area contributed by atoms with Crippen LogP contribution in [0.15, 0.2) is 12.3 Å². The Morgan fingerprint density at radius 2 is 2.15 bits per heavy atom. The number of carbonyl (C=O) groups excluding carboxylic acids is 1. The van der Waals surface area contributed by atoms with E-state index in [2.05, 4.69) is 15.4 Å². The van der Waals surface area contributed by atoms with Crippen molar-refractivity contribution in [3.8, 4) is 0 Å². The van der Waals surface area contributed by atoms with E-state index in [1.165, 1.54) is 6.20 Å². The predicted octanol–water partition coefficient (Wildman–Crippen LogP) is 0.941. The molecule has 7 heteroatoms. The van der Waals surface area contributed by atoms with Gasteiger partial charge in [0.2, 0.25) is 0 Å². The Kier molecular flexibility index (Phi) is 3.97. The predicted molar refractivity (Wildman–Crippen MR) is 71.7 cm³/mol. The van der Waals surface area contributed by atoms with E-state index in [0.717, 1.165) is 5.69 Å². The standard InChI is InChI=1S/C13H16N4O3/c1-8-6-11-15-7-10(9(2)17(11)16-8)13(20)14-5-3-4-12(18)19/h6-7H,3-5H2,1-2H3,(H,14,20)(H,18,19). The lowest BCUT2D eigenvalue weighted by Crippen LogP contribution is -2.26. The highest BCUT2D eigenvalue weighted by Crippen LogP contribution is 2.10. The fraction of sp³-hybridized carbons (Fsp3) is 0.385. The second-order valence-electron chi connectivity index (χ2n) is 4.57. The number of amides is 1. The summed E-state index contributed by atoms with van der Waals surface area (Å²) < 4.78 is 1.63. The molecule has 106 valence electrons. The van der Waals surface area contributed by atoms with Crippen LogP contribution in [0.2, 0.25) is 0 Å². The van der Waals surface area contributed by atoms with E-state index >= 15 is 0 Å². The summed E-state index contributed by atoms with van der Waals surface area (Å²) in [7, 11) is 0. The Morgan fingerprint density at radius 1 is 1.40 bits per heavy atom. The number of carboxylic acid groups (broad SMARTS) is 1. The van der Waals surface area contributed by atoms with Crippen molar-refractivity contribution in [1.82, 2.24) is 19.9 Å². The van der Waals surface area contributed by atoms with Crippen LogP contribution in [0.3, 0.4) is 0 Å². The van der Waals surface area contributed by atoms with Gasteiger partial charge in [-0.15, -0.1) is 0 Å². The van der Waals surface area contributed by atoms with E-state index in [9.17, 15) is 9.59 Å². The molecular formula is C13H16N4O3. The first-order chi connectivity index (χ1) is 9.49. The second kappa shape index (κ2) is 5.68. The number of hydrogen-bond acceptors (Lipinski definition) is 4. The molecule has 0 fully saturated rings. The zero-order valence-electron chi connectivity index (χ0n) is 11.4. The number of nitrogens with zero attached hydrogens (tertiary/aromatic N) is 3. The van der Waals surface area contributed by atoms with Crippen LogP contribution in [-0.4, -0.2) is 38.1 Å². The molecule has 20 heavy (non-hydrogen) atoms. The van der Waals surface area contributed by atoms with Crippen molar-refractivity contribution in [3.05, 3.63) is 29.2 Å². The number of rotatable bonds is 5. The van der Waals surface area contributed by atoms with Gasteiger partial charge in [-0.05, 0) is 20.3 Å². The highest BCUT2D eigenvalue weighted by atomic mass is 16.4. The molecule has 2 aromatic rings. The molecule has 2 rings (SSSR count). The minimum atomic E-state index is -0.870. The van der Waals surface area contributed by atoms with Crippen LogP contribution in [0.25, 0.3) is 5.65 Å². The number of aromatic nitrogens is 3. The van der Waals surface area contributed by atoms with Gasteiger partial charge >= 0.3 is 5.97 Å². The molecule has 0 aliphatic rings. The summed E-state index contributed by atoms with van der Waals surface area (Å²) in [6.45, 7) is 3.98. The Hall–Kier alpha value is -2.44. The largest absolute Gasteiger partial charge is 0.481 e. The molecule has 2 N–H and O–H groups in total. The van der Waals surface area contributed by atoms with Gasteiger partial charge in [-0.2, -0.15) is 5.10 Å². The van der Waals surface area contributed by atoms with Crippen LogP contribution < -0.4 is 5.32 Å². The molecule has 0 unspecified atom stereocenters. The van der Waals surface area contributed by atoms with Gasteiger partial charge in [-0.1, -0.05) is 0 Å². The summed E-state index contributed by atoms with van der Waals surface area (Å²) in [5, 5.41) is 15.5. The Labute approximate surface area is 115 Å². The molecule has 7 nitrogen and oxygen atoms in total. The van der Waals surface area contributed by atoms with Gasteiger partial charge in [0.05, 0.1) is 17.0 Å². The van der Waals surface area contributed by atoms with Crippen molar-refractivity contribution in [2.24, 2.45) is 0 Å². The molecule has 2 heterocycles. The van der Waals surface area contributed by atoms with Crippen LogP contribution in [-0.2, 0) is 4.79 Å². The van der Waals surface area contributed by atoms with Gasteiger partial charge < -0.3 is 10.4 Å². The molecule has 0 saturated carbocycles. The van der Waals surface area contributed by atoms with Gasteiger partial charge in [0.25, 0.3) is 5.91 Å². The second-order valence-corrected chi connectivity index (χ2v) is 4.57. The molecule has 0 radical (unpaired) electrons. The lowest BCUT2D eigenvalue weighted by Gasteiger charge is -2.08. The van der Waals surface area contributed by atoms with E-state index in [1.54, 1.807) is 11.4 Å². The first-order valence-corrected chi connectivity index (χ1v) is 6.31. The number of nitrogens with one attached hydrogen (secondary N) is 1. The third kappa shape index (κ3) is 2.93. The summed E-state index contributed by atoms with van der Waals surface area (Å²) in [5.41, 5.74) is 2.68. The van der Waals surface area contributed by atoms with E-state index in [1.807, 2.05) is 13.0 Å². The van der Waals surface area contributed by atoms with Crippen LogP contribution in [0, 0.1) is 13.8 Å². The lowest BCUT2D eigenvalue weighted by molar-refractivity contribution is -0.137. The monoisotopic (exact) mass is 276 g/mol. The Morgan fingerprint density at radius 3 is 2.85 bits per heavy atom. The Balaban J connectivity index is 2.10. The minimum Gasteiger partial charge on any atom is -0.481 e. The number of aliphatic carboxylic acids is 1. The van der Waals surface area contributed by atoms with Gasteiger partial charge in [-0.25, -0.2) is 9.50 Å². The van der Waals surface area contributed by atoms with Crippen LogP contribution in [0.4, 0.5) is 0 Å². The molecule has 0 aromatic carbocycles. The molecule has 0 spiro atoms. The number of carbonyl (C=O) groups is 2. The highest BCUT2D eigenvalue weighted by molar-refractivity contribution is 5.95. The van der Waals surface area contributed by atoms with Crippen molar-refractivity contribution in [3.63, 3.8) is 0 Å². The van der Waals surface area contributed by atoms with Crippen molar-refractivity contribution in [1.29, 1.82) is 0 Å². The number of hydrogen-bond donors (Lipinski definition) is 2. The third-order valence-corrected chi connectivity index (χ3v) is 2.94. The smallest absolute Gasteiger partial charge is 0.303 e. The number of fused-ring (bicyclic) bond motifs is 1. The first kappa shape index (κ1) is 14.0.